The lowest BCUT2D eigenvalue weighted by Crippen LogP contribution is -2.53. The molecule has 1 aliphatic heterocycles. The van der Waals surface area contributed by atoms with Crippen LogP contribution in [0.25, 0.3) is 0 Å². The van der Waals surface area contributed by atoms with Crippen molar-refractivity contribution in [1.29, 1.82) is 0 Å². The predicted molar refractivity (Wildman–Crippen MR) is 58.8 cm³/mol. The highest BCUT2D eigenvalue weighted by molar-refractivity contribution is 5.40. The van der Waals surface area contributed by atoms with Gasteiger partial charge in [0.15, 0.2) is 5.88 Å². The Hall–Kier alpha value is -1.00. The fraction of sp³-hybridized carbons (Fsp3) is 0.636. The second-order valence-corrected chi connectivity index (χ2v) is 4.46. The molecule has 1 fully saturated rings. The van der Waals surface area contributed by atoms with Gasteiger partial charge in [-0.1, -0.05) is 0 Å². The van der Waals surface area contributed by atoms with Crippen molar-refractivity contribution in [2.24, 2.45) is 5.73 Å². The number of ether oxygens (including phenoxy) is 1. The van der Waals surface area contributed by atoms with Crippen LogP contribution in [0.5, 0.6) is 0 Å². The molecule has 2 N–H and O–H groups in total. The number of morpholine rings is 1. The number of rotatable bonds is 2. The number of nitrogens with zero attached hydrogens (tertiary/aromatic N) is 1. The number of hydrogen-bond donors (Lipinski definition) is 1. The molecule has 15 heavy (non-hydrogen) atoms. The fourth-order valence-corrected chi connectivity index (χ4v) is 1.89. The van der Waals surface area contributed by atoms with Crippen LogP contribution < -0.4 is 10.6 Å². The van der Waals surface area contributed by atoms with Crippen LogP contribution in [-0.4, -0.2) is 25.3 Å². The molecule has 0 atom stereocenters. The monoisotopic (exact) mass is 210 g/mol. The zero-order valence-electron chi connectivity index (χ0n) is 9.32. The minimum Gasteiger partial charge on any atom is -0.444 e. The van der Waals surface area contributed by atoms with E-state index in [9.17, 15) is 0 Å². The van der Waals surface area contributed by atoms with Crippen LogP contribution in [0.15, 0.2) is 16.5 Å². The van der Waals surface area contributed by atoms with Crippen LogP contribution in [0.3, 0.4) is 0 Å². The highest BCUT2D eigenvalue weighted by atomic mass is 16.5. The maximum Gasteiger partial charge on any atom is 0.196 e. The van der Waals surface area contributed by atoms with Crippen LogP contribution in [0.4, 0.5) is 5.88 Å². The fourth-order valence-electron chi connectivity index (χ4n) is 1.89. The molecule has 2 rings (SSSR count). The van der Waals surface area contributed by atoms with Crippen molar-refractivity contribution < 1.29 is 9.15 Å². The summed E-state index contributed by atoms with van der Waals surface area (Å²) in [4.78, 5) is 2.23. The van der Waals surface area contributed by atoms with E-state index in [2.05, 4.69) is 18.7 Å². The van der Waals surface area contributed by atoms with Gasteiger partial charge in [-0.25, -0.2) is 0 Å². The normalized spacial score (nSPS) is 20.6. The van der Waals surface area contributed by atoms with Crippen LogP contribution in [0.1, 0.15) is 19.6 Å². The Morgan fingerprint density at radius 1 is 1.47 bits per heavy atom. The van der Waals surface area contributed by atoms with Crippen molar-refractivity contribution >= 4 is 5.88 Å². The molecule has 1 aromatic heterocycles. The van der Waals surface area contributed by atoms with E-state index in [1.807, 2.05) is 12.1 Å². The van der Waals surface area contributed by atoms with E-state index in [0.717, 1.165) is 31.4 Å². The molecule has 2 heterocycles. The maximum absolute atomic E-state index is 5.65. The van der Waals surface area contributed by atoms with Crippen LogP contribution >= 0.6 is 0 Å². The Balaban J connectivity index is 2.21. The summed E-state index contributed by atoms with van der Waals surface area (Å²) in [5, 5.41) is 0. The number of furan rings is 1. The van der Waals surface area contributed by atoms with E-state index < -0.39 is 0 Å². The Kier molecular flexibility index (Phi) is 2.71. The van der Waals surface area contributed by atoms with Gasteiger partial charge in [-0.2, -0.15) is 0 Å². The largest absolute Gasteiger partial charge is 0.444 e. The Labute approximate surface area is 90.0 Å². The van der Waals surface area contributed by atoms with E-state index in [4.69, 9.17) is 14.9 Å². The van der Waals surface area contributed by atoms with E-state index in [1.165, 1.54) is 0 Å². The highest BCUT2D eigenvalue weighted by Crippen LogP contribution is 2.28. The molecule has 1 aliphatic rings. The summed E-state index contributed by atoms with van der Waals surface area (Å²) in [6, 6.07) is 3.91. The maximum atomic E-state index is 5.65. The van der Waals surface area contributed by atoms with Gasteiger partial charge in [0.2, 0.25) is 0 Å². The van der Waals surface area contributed by atoms with Crippen molar-refractivity contribution in [2.75, 3.05) is 24.7 Å². The van der Waals surface area contributed by atoms with Crippen LogP contribution in [-0.2, 0) is 11.3 Å². The van der Waals surface area contributed by atoms with E-state index >= 15 is 0 Å². The molecule has 0 amide bonds. The summed E-state index contributed by atoms with van der Waals surface area (Å²) in [5.41, 5.74) is 5.51. The third kappa shape index (κ3) is 2.01. The van der Waals surface area contributed by atoms with Gasteiger partial charge in [-0.3, -0.25) is 0 Å². The number of nitrogens with two attached hydrogens (primary N) is 1. The van der Waals surface area contributed by atoms with Gasteiger partial charge in [0.05, 0.1) is 25.3 Å². The van der Waals surface area contributed by atoms with E-state index in [-0.39, 0.29) is 5.54 Å². The lowest BCUT2D eigenvalue weighted by molar-refractivity contribution is 0.0617. The zero-order chi connectivity index (χ0) is 10.9. The summed E-state index contributed by atoms with van der Waals surface area (Å²) in [7, 11) is 0. The van der Waals surface area contributed by atoms with Gasteiger partial charge in [-0.15, -0.1) is 0 Å². The average Bonchev–Trinajstić information content (AvgIpc) is 2.65. The third-order valence-corrected chi connectivity index (χ3v) is 2.76. The summed E-state index contributed by atoms with van der Waals surface area (Å²) in [5.74, 6) is 1.72. The van der Waals surface area contributed by atoms with Crippen molar-refractivity contribution in [3.05, 3.63) is 17.9 Å². The Morgan fingerprint density at radius 2 is 2.27 bits per heavy atom. The molecule has 4 heteroatoms. The molecule has 4 nitrogen and oxygen atoms in total. The van der Waals surface area contributed by atoms with E-state index in [1.54, 1.807) is 0 Å². The first-order valence-corrected chi connectivity index (χ1v) is 5.28. The summed E-state index contributed by atoms with van der Waals surface area (Å²) < 4.78 is 11.1. The summed E-state index contributed by atoms with van der Waals surface area (Å²) in [6.45, 7) is 7.09. The van der Waals surface area contributed by atoms with Crippen molar-refractivity contribution in [3.63, 3.8) is 0 Å². The Morgan fingerprint density at radius 3 is 2.87 bits per heavy atom. The first-order valence-electron chi connectivity index (χ1n) is 5.28. The lowest BCUT2D eigenvalue weighted by Gasteiger charge is -2.41. The minimum absolute atomic E-state index is 0.0119. The predicted octanol–water partition coefficient (Wildman–Crippen LogP) is 1.35. The summed E-state index contributed by atoms with van der Waals surface area (Å²) >= 11 is 0. The van der Waals surface area contributed by atoms with Gasteiger partial charge in [-0.05, 0) is 19.9 Å². The molecule has 0 spiro atoms. The average molecular weight is 210 g/mol. The molecule has 0 radical (unpaired) electrons. The van der Waals surface area contributed by atoms with Crippen molar-refractivity contribution in [2.45, 2.75) is 25.9 Å². The molecule has 0 aliphatic carbocycles. The van der Waals surface area contributed by atoms with Crippen molar-refractivity contribution in [1.82, 2.24) is 0 Å². The molecule has 1 saturated heterocycles. The topological polar surface area (TPSA) is 51.6 Å². The first kappa shape index (κ1) is 10.5. The molecular formula is C11H18N2O2. The quantitative estimate of drug-likeness (QED) is 0.800. The van der Waals surface area contributed by atoms with E-state index in [0.29, 0.717) is 6.54 Å². The molecule has 0 unspecified atom stereocenters. The van der Waals surface area contributed by atoms with Crippen LogP contribution in [0, 0.1) is 0 Å². The molecule has 1 aromatic rings. The second kappa shape index (κ2) is 3.87. The molecule has 0 saturated carbocycles. The smallest absolute Gasteiger partial charge is 0.196 e. The van der Waals surface area contributed by atoms with Gasteiger partial charge in [0.25, 0.3) is 0 Å². The lowest BCUT2D eigenvalue weighted by atomic mass is 10.0. The van der Waals surface area contributed by atoms with Gasteiger partial charge in [0, 0.05) is 12.6 Å². The standard InChI is InChI=1S/C11H18N2O2/c1-11(2)8-14-6-5-13(11)10-4-3-9(7-12)15-10/h3-4H,5-8,12H2,1-2H3. The summed E-state index contributed by atoms with van der Waals surface area (Å²) in [6.07, 6.45) is 0. The number of anilines is 1. The van der Waals surface area contributed by atoms with Gasteiger partial charge in [0.1, 0.15) is 5.76 Å². The van der Waals surface area contributed by atoms with Crippen molar-refractivity contribution in [3.8, 4) is 0 Å². The van der Waals surface area contributed by atoms with Crippen LogP contribution in [0.2, 0.25) is 0 Å². The van der Waals surface area contributed by atoms with Gasteiger partial charge < -0.3 is 19.8 Å². The Bertz CT molecular complexity index is 333. The highest BCUT2D eigenvalue weighted by Gasteiger charge is 2.32. The molecule has 0 aromatic carbocycles. The minimum atomic E-state index is -0.0119. The molecular weight excluding hydrogens is 192 g/mol. The zero-order valence-corrected chi connectivity index (χ0v) is 9.32. The molecule has 84 valence electrons. The number of hydrogen-bond acceptors (Lipinski definition) is 4. The van der Waals surface area contributed by atoms with Gasteiger partial charge >= 0.3 is 0 Å². The third-order valence-electron chi connectivity index (χ3n) is 2.76. The molecule has 0 bridgehead atoms. The SMILES string of the molecule is CC1(C)COCCN1c1ccc(CN)o1. The second-order valence-electron chi connectivity index (χ2n) is 4.46. The first-order chi connectivity index (χ1) is 7.13.